The number of hydrogen-bond acceptors (Lipinski definition) is 3. The second-order valence-corrected chi connectivity index (χ2v) is 5.16. The predicted molar refractivity (Wildman–Crippen MR) is 66.4 cm³/mol. The van der Waals surface area contributed by atoms with E-state index in [1.54, 1.807) is 4.90 Å². The molecule has 1 aromatic carbocycles. The fraction of sp³-hybridized carbons (Fsp3) is 0.429. The van der Waals surface area contributed by atoms with Gasteiger partial charge in [0.15, 0.2) is 0 Å². The fourth-order valence-corrected chi connectivity index (χ4v) is 2.80. The van der Waals surface area contributed by atoms with Crippen LogP contribution in [0.5, 0.6) is 0 Å². The van der Waals surface area contributed by atoms with Crippen molar-refractivity contribution in [3.8, 4) is 0 Å². The van der Waals surface area contributed by atoms with E-state index in [4.69, 9.17) is 9.84 Å². The number of carbonyl (C=O) groups is 2. The van der Waals surface area contributed by atoms with Gasteiger partial charge in [-0.1, -0.05) is 30.3 Å². The van der Waals surface area contributed by atoms with Crippen LogP contribution in [0.25, 0.3) is 0 Å². The molecule has 0 spiro atoms. The summed E-state index contributed by atoms with van der Waals surface area (Å²) >= 11 is 0. The van der Waals surface area contributed by atoms with Crippen LogP contribution in [0.2, 0.25) is 0 Å². The number of aliphatic carboxylic acids is 1. The third-order valence-corrected chi connectivity index (χ3v) is 4.08. The maximum atomic E-state index is 11.9. The van der Waals surface area contributed by atoms with Gasteiger partial charge in [-0.15, -0.1) is 0 Å². The van der Waals surface area contributed by atoms with Crippen molar-refractivity contribution < 1.29 is 19.4 Å². The quantitative estimate of drug-likeness (QED) is 0.902. The molecule has 0 radical (unpaired) electrons. The number of carboxylic acids is 1. The van der Waals surface area contributed by atoms with Crippen LogP contribution in [0.4, 0.5) is 4.79 Å². The molecule has 100 valence electrons. The largest absolute Gasteiger partial charge is 0.481 e. The molecule has 19 heavy (non-hydrogen) atoms. The molecule has 5 nitrogen and oxygen atoms in total. The van der Waals surface area contributed by atoms with Gasteiger partial charge < -0.3 is 14.7 Å². The van der Waals surface area contributed by atoms with Gasteiger partial charge in [0.1, 0.15) is 6.61 Å². The third kappa shape index (κ3) is 1.95. The Kier molecular flexibility index (Phi) is 2.69. The lowest BCUT2D eigenvalue weighted by atomic mass is 10.1. The third-order valence-electron chi connectivity index (χ3n) is 4.08. The van der Waals surface area contributed by atoms with Crippen molar-refractivity contribution >= 4 is 12.1 Å². The Balaban J connectivity index is 1.57. The predicted octanol–water partition coefficient (Wildman–Crippen LogP) is 1.87. The first-order valence-corrected chi connectivity index (χ1v) is 6.34. The molecule has 1 aromatic rings. The number of carboxylic acid groups (broad SMARTS) is 1. The molecule has 3 rings (SSSR count). The summed E-state index contributed by atoms with van der Waals surface area (Å²) in [5.41, 5.74) is 0.238. The molecule has 1 saturated heterocycles. The van der Waals surface area contributed by atoms with E-state index in [2.05, 4.69) is 0 Å². The summed E-state index contributed by atoms with van der Waals surface area (Å²) in [4.78, 5) is 24.6. The SMILES string of the molecule is O=C(OCc1ccccc1)N1CCC2(C(=O)O)CC12. The first kappa shape index (κ1) is 12.0. The highest BCUT2D eigenvalue weighted by Gasteiger charge is 2.68. The number of rotatable bonds is 3. The van der Waals surface area contributed by atoms with Crippen molar-refractivity contribution in [2.75, 3.05) is 6.54 Å². The van der Waals surface area contributed by atoms with Crippen LogP contribution >= 0.6 is 0 Å². The van der Waals surface area contributed by atoms with Crippen LogP contribution in [-0.4, -0.2) is 34.7 Å². The zero-order valence-electron chi connectivity index (χ0n) is 10.4. The number of hydrogen-bond donors (Lipinski definition) is 1. The van der Waals surface area contributed by atoms with Gasteiger partial charge >= 0.3 is 12.1 Å². The zero-order chi connectivity index (χ0) is 13.5. The van der Waals surface area contributed by atoms with Gasteiger partial charge in [-0.2, -0.15) is 0 Å². The molecule has 2 atom stereocenters. The fourth-order valence-electron chi connectivity index (χ4n) is 2.80. The smallest absolute Gasteiger partial charge is 0.410 e. The number of ether oxygens (including phenoxy) is 1. The maximum absolute atomic E-state index is 11.9. The molecule has 1 aliphatic heterocycles. The van der Waals surface area contributed by atoms with E-state index in [1.165, 1.54) is 0 Å². The van der Waals surface area contributed by atoms with E-state index in [1.807, 2.05) is 30.3 Å². The van der Waals surface area contributed by atoms with E-state index in [-0.39, 0.29) is 12.6 Å². The average molecular weight is 261 g/mol. The molecule has 1 heterocycles. The molecule has 0 bridgehead atoms. The van der Waals surface area contributed by atoms with Gasteiger partial charge in [0.25, 0.3) is 0 Å². The van der Waals surface area contributed by atoms with Gasteiger partial charge in [0, 0.05) is 6.54 Å². The maximum Gasteiger partial charge on any atom is 0.410 e. The summed E-state index contributed by atoms with van der Waals surface area (Å²) < 4.78 is 5.23. The van der Waals surface area contributed by atoms with Crippen molar-refractivity contribution in [3.63, 3.8) is 0 Å². The average Bonchev–Trinajstić information content (AvgIpc) is 3.04. The summed E-state index contributed by atoms with van der Waals surface area (Å²) in [7, 11) is 0. The highest BCUT2D eigenvalue weighted by molar-refractivity contribution is 5.83. The number of fused-ring (bicyclic) bond motifs is 1. The molecule has 1 aliphatic carbocycles. The van der Waals surface area contributed by atoms with E-state index >= 15 is 0 Å². The van der Waals surface area contributed by atoms with Crippen LogP contribution in [0.15, 0.2) is 30.3 Å². The van der Waals surface area contributed by atoms with Crippen LogP contribution in [0, 0.1) is 5.41 Å². The highest BCUT2D eigenvalue weighted by Crippen LogP contribution is 2.57. The minimum Gasteiger partial charge on any atom is -0.481 e. The molecule has 2 unspecified atom stereocenters. The molecule has 2 aliphatic rings. The minimum atomic E-state index is -0.796. The van der Waals surface area contributed by atoms with Gasteiger partial charge in [-0.05, 0) is 18.4 Å². The number of carbonyl (C=O) groups excluding carboxylic acids is 1. The normalized spacial score (nSPS) is 27.8. The number of piperidine rings is 1. The molecular formula is C14H15NO4. The van der Waals surface area contributed by atoms with Crippen molar-refractivity contribution in [2.24, 2.45) is 5.41 Å². The molecular weight excluding hydrogens is 246 g/mol. The van der Waals surface area contributed by atoms with Gasteiger partial charge in [-0.3, -0.25) is 4.79 Å². The summed E-state index contributed by atoms with van der Waals surface area (Å²) in [5, 5.41) is 9.14. The van der Waals surface area contributed by atoms with Crippen molar-refractivity contribution in [1.29, 1.82) is 0 Å². The Labute approximate surface area is 110 Å². The summed E-state index contributed by atoms with van der Waals surface area (Å²) in [6.07, 6.45) is 0.686. The van der Waals surface area contributed by atoms with E-state index in [9.17, 15) is 9.59 Å². The molecule has 2 fully saturated rings. The van der Waals surface area contributed by atoms with Crippen molar-refractivity contribution in [2.45, 2.75) is 25.5 Å². The second-order valence-electron chi connectivity index (χ2n) is 5.16. The van der Waals surface area contributed by atoms with Crippen LogP contribution < -0.4 is 0 Å². The molecule has 1 amide bonds. The van der Waals surface area contributed by atoms with Crippen LogP contribution in [0.3, 0.4) is 0 Å². The minimum absolute atomic E-state index is 0.173. The van der Waals surface area contributed by atoms with E-state index < -0.39 is 17.5 Å². The monoisotopic (exact) mass is 261 g/mol. The Morgan fingerprint density at radius 3 is 2.68 bits per heavy atom. The first-order valence-electron chi connectivity index (χ1n) is 6.34. The Bertz CT molecular complexity index is 515. The summed E-state index contributed by atoms with van der Waals surface area (Å²) in [6.45, 7) is 0.702. The zero-order valence-corrected chi connectivity index (χ0v) is 10.4. The number of nitrogens with zero attached hydrogens (tertiary/aromatic N) is 1. The van der Waals surface area contributed by atoms with Gasteiger partial charge in [0.2, 0.25) is 0 Å². The number of likely N-dealkylation sites (tertiary alicyclic amines) is 1. The van der Waals surface area contributed by atoms with Crippen molar-refractivity contribution in [1.82, 2.24) is 4.90 Å². The second kappa shape index (κ2) is 4.26. The number of amides is 1. The molecule has 1 saturated carbocycles. The number of benzene rings is 1. The molecule has 0 aromatic heterocycles. The van der Waals surface area contributed by atoms with Crippen molar-refractivity contribution in [3.05, 3.63) is 35.9 Å². The lowest BCUT2D eigenvalue weighted by Crippen LogP contribution is -2.31. The lowest BCUT2D eigenvalue weighted by molar-refractivity contribution is -0.143. The summed E-state index contributed by atoms with van der Waals surface area (Å²) in [5.74, 6) is -0.796. The Morgan fingerprint density at radius 2 is 2.11 bits per heavy atom. The first-order chi connectivity index (χ1) is 9.13. The lowest BCUT2D eigenvalue weighted by Gasteiger charge is -2.17. The Morgan fingerprint density at radius 1 is 1.37 bits per heavy atom. The topological polar surface area (TPSA) is 66.8 Å². The van der Waals surface area contributed by atoms with Crippen LogP contribution in [-0.2, 0) is 16.1 Å². The van der Waals surface area contributed by atoms with Crippen LogP contribution in [0.1, 0.15) is 18.4 Å². The standard InChI is InChI=1S/C14H15NO4/c16-12(17)14-6-7-15(11(14)8-14)13(18)19-9-10-4-2-1-3-5-10/h1-5,11H,6-9H2,(H,16,17). The summed E-state index contributed by atoms with van der Waals surface area (Å²) in [6, 6.07) is 9.27. The Hall–Kier alpha value is -2.04. The highest BCUT2D eigenvalue weighted by atomic mass is 16.6. The van der Waals surface area contributed by atoms with Gasteiger partial charge in [-0.25, -0.2) is 4.79 Å². The molecule has 5 heteroatoms. The van der Waals surface area contributed by atoms with E-state index in [0.717, 1.165) is 5.56 Å². The van der Waals surface area contributed by atoms with Gasteiger partial charge in [0.05, 0.1) is 11.5 Å². The molecule has 1 N–H and O–H groups in total. The van der Waals surface area contributed by atoms with E-state index in [0.29, 0.717) is 19.4 Å².